The van der Waals surface area contributed by atoms with Gasteiger partial charge in [-0.15, -0.1) is 0 Å². The van der Waals surface area contributed by atoms with Gasteiger partial charge in [0.05, 0.1) is 17.7 Å². The molecule has 0 aromatic carbocycles. The summed E-state index contributed by atoms with van der Waals surface area (Å²) in [6.07, 6.45) is 0.876. The number of halogens is 3. The maximum Gasteiger partial charge on any atom is 0.401 e. The van der Waals surface area contributed by atoms with Gasteiger partial charge in [-0.3, -0.25) is 4.90 Å². The predicted octanol–water partition coefficient (Wildman–Crippen LogP) is 3.86. The summed E-state index contributed by atoms with van der Waals surface area (Å²) in [7, 11) is 0. The number of hydrogen-bond donors (Lipinski definition) is 1. The highest BCUT2D eigenvalue weighted by Gasteiger charge is 2.42. The van der Waals surface area contributed by atoms with Crippen molar-refractivity contribution < 1.29 is 17.9 Å². The van der Waals surface area contributed by atoms with Crippen LogP contribution < -0.4 is 5.73 Å². The van der Waals surface area contributed by atoms with Crippen molar-refractivity contribution in [2.45, 2.75) is 57.9 Å². The van der Waals surface area contributed by atoms with E-state index in [4.69, 9.17) is 10.5 Å². The Balaban J connectivity index is 2.73. The molecule has 3 nitrogen and oxygen atoms in total. The van der Waals surface area contributed by atoms with Crippen LogP contribution in [0.25, 0.3) is 0 Å². The highest BCUT2D eigenvalue weighted by Crippen LogP contribution is 2.36. The Morgan fingerprint density at radius 2 is 1.96 bits per heavy atom. The first-order valence-electron chi connectivity index (χ1n) is 8.00. The third kappa shape index (κ3) is 6.55. The topological polar surface area (TPSA) is 38.5 Å². The van der Waals surface area contributed by atoms with E-state index in [0.717, 1.165) is 6.42 Å². The van der Waals surface area contributed by atoms with Crippen molar-refractivity contribution in [1.29, 1.82) is 0 Å². The minimum absolute atomic E-state index is 0.0604. The van der Waals surface area contributed by atoms with Gasteiger partial charge in [0.15, 0.2) is 0 Å². The van der Waals surface area contributed by atoms with E-state index in [1.54, 1.807) is 6.08 Å². The predicted molar refractivity (Wildman–Crippen MR) is 86.9 cm³/mol. The SMILES string of the molecule is C=C(N)/C=C\C(C)(CC)OC(C)(C)C1CCN(CC(F)(F)F)C1. The van der Waals surface area contributed by atoms with Crippen LogP contribution in [0.1, 0.15) is 40.5 Å². The molecule has 0 spiro atoms. The second-order valence-electron chi connectivity index (χ2n) is 7.12. The molecule has 134 valence electrons. The van der Waals surface area contributed by atoms with Gasteiger partial charge in [0.25, 0.3) is 0 Å². The fourth-order valence-electron chi connectivity index (χ4n) is 2.99. The lowest BCUT2D eigenvalue weighted by atomic mass is 9.88. The molecule has 2 atom stereocenters. The fraction of sp³-hybridized carbons (Fsp3) is 0.765. The van der Waals surface area contributed by atoms with E-state index in [2.05, 4.69) is 6.58 Å². The molecule has 0 amide bonds. The Labute approximate surface area is 137 Å². The van der Waals surface area contributed by atoms with E-state index in [1.807, 2.05) is 33.8 Å². The highest BCUT2D eigenvalue weighted by molar-refractivity contribution is 5.15. The molecule has 0 aromatic rings. The lowest BCUT2D eigenvalue weighted by molar-refractivity contribution is -0.150. The first kappa shape index (κ1) is 20.0. The van der Waals surface area contributed by atoms with Crippen molar-refractivity contribution in [2.24, 2.45) is 11.7 Å². The number of hydrogen-bond acceptors (Lipinski definition) is 3. The summed E-state index contributed by atoms with van der Waals surface area (Å²) in [6, 6.07) is 0. The first-order valence-corrected chi connectivity index (χ1v) is 8.00. The van der Waals surface area contributed by atoms with Crippen LogP contribution in [-0.2, 0) is 4.74 Å². The van der Waals surface area contributed by atoms with Crippen molar-refractivity contribution in [3.05, 3.63) is 24.4 Å². The average Bonchev–Trinajstić information content (AvgIpc) is 2.83. The Kier molecular flexibility index (Phi) is 6.32. The number of ether oxygens (including phenoxy) is 1. The summed E-state index contributed by atoms with van der Waals surface area (Å²) >= 11 is 0. The summed E-state index contributed by atoms with van der Waals surface area (Å²) in [6.45, 7) is 11.5. The molecular formula is C17H29F3N2O. The molecular weight excluding hydrogens is 305 g/mol. The van der Waals surface area contributed by atoms with Crippen molar-refractivity contribution in [1.82, 2.24) is 4.90 Å². The van der Waals surface area contributed by atoms with E-state index in [9.17, 15) is 13.2 Å². The zero-order chi connectivity index (χ0) is 17.9. The summed E-state index contributed by atoms with van der Waals surface area (Å²) in [5.74, 6) is 0.0604. The minimum Gasteiger partial charge on any atom is -0.399 e. The number of likely N-dealkylation sites (tertiary alicyclic amines) is 1. The van der Waals surface area contributed by atoms with Gasteiger partial charge >= 0.3 is 6.18 Å². The van der Waals surface area contributed by atoms with Crippen LogP contribution in [0.3, 0.4) is 0 Å². The van der Waals surface area contributed by atoms with Crippen LogP contribution in [0.4, 0.5) is 13.2 Å². The molecule has 0 saturated carbocycles. The summed E-state index contributed by atoms with van der Waals surface area (Å²) < 4.78 is 43.9. The maximum absolute atomic E-state index is 12.5. The molecule has 1 rings (SSSR count). The van der Waals surface area contributed by atoms with Crippen LogP contribution in [-0.4, -0.2) is 41.9 Å². The molecule has 2 unspecified atom stereocenters. The molecule has 0 radical (unpaired) electrons. The smallest absolute Gasteiger partial charge is 0.399 e. The highest BCUT2D eigenvalue weighted by atomic mass is 19.4. The van der Waals surface area contributed by atoms with Crippen molar-refractivity contribution in [3.63, 3.8) is 0 Å². The second kappa shape index (κ2) is 7.26. The third-order valence-electron chi connectivity index (χ3n) is 4.51. The second-order valence-corrected chi connectivity index (χ2v) is 7.12. The molecule has 2 N–H and O–H groups in total. The van der Waals surface area contributed by atoms with Gasteiger partial charge in [-0.2, -0.15) is 13.2 Å². The van der Waals surface area contributed by atoms with Crippen molar-refractivity contribution >= 4 is 0 Å². The molecule has 23 heavy (non-hydrogen) atoms. The number of nitrogens with zero attached hydrogens (tertiary/aromatic N) is 1. The molecule has 1 saturated heterocycles. The van der Waals surface area contributed by atoms with E-state index < -0.39 is 23.9 Å². The number of allylic oxidation sites excluding steroid dienone is 1. The van der Waals surface area contributed by atoms with E-state index in [1.165, 1.54) is 4.90 Å². The standard InChI is InChI=1S/C17H29F3N2O/c1-6-16(5,9-7-13(2)21)23-15(3,4)14-8-10-22(11-14)12-17(18,19)20/h7,9,14H,2,6,8,10-12,21H2,1,3-5H3/b9-7-. The summed E-state index contributed by atoms with van der Waals surface area (Å²) in [4.78, 5) is 1.45. The van der Waals surface area contributed by atoms with Gasteiger partial charge < -0.3 is 10.5 Å². The van der Waals surface area contributed by atoms with Gasteiger partial charge in [0, 0.05) is 18.2 Å². The molecule has 0 aromatic heterocycles. The first-order chi connectivity index (χ1) is 10.4. The van der Waals surface area contributed by atoms with Gasteiger partial charge in [-0.25, -0.2) is 0 Å². The van der Waals surface area contributed by atoms with Gasteiger partial charge in [-0.1, -0.05) is 19.6 Å². The monoisotopic (exact) mass is 334 g/mol. The van der Waals surface area contributed by atoms with E-state index in [0.29, 0.717) is 25.2 Å². The molecule has 0 bridgehead atoms. The lowest BCUT2D eigenvalue weighted by Crippen LogP contribution is -2.44. The number of rotatable bonds is 7. The summed E-state index contributed by atoms with van der Waals surface area (Å²) in [5.41, 5.74) is 4.97. The van der Waals surface area contributed by atoms with E-state index in [-0.39, 0.29) is 5.92 Å². The van der Waals surface area contributed by atoms with Crippen molar-refractivity contribution in [3.8, 4) is 0 Å². The fourth-order valence-corrected chi connectivity index (χ4v) is 2.99. The summed E-state index contributed by atoms with van der Waals surface area (Å²) in [5, 5.41) is 0. The van der Waals surface area contributed by atoms with Crippen LogP contribution >= 0.6 is 0 Å². The lowest BCUT2D eigenvalue weighted by Gasteiger charge is -2.40. The van der Waals surface area contributed by atoms with Gasteiger partial charge in [0.2, 0.25) is 0 Å². The molecule has 1 heterocycles. The van der Waals surface area contributed by atoms with Crippen LogP contribution in [0.2, 0.25) is 0 Å². The Morgan fingerprint density at radius 1 is 1.35 bits per heavy atom. The molecule has 1 fully saturated rings. The molecule has 1 aliphatic heterocycles. The normalized spacial score (nSPS) is 23.3. The number of alkyl halides is 3. The van der Waals surface area contributed by atoms with Crippen LogP contribution in [0.5, 0.6) is 0 Å². The quantitative estimate of drug-likeness (QED) is 0.719. The van der Waals surface area contributed by atoms with Crippen LogP contribution in [0, 0.1) is 5.92 Å². The van der Waals surface area contributed by atoms with E-state index >= 15 is 0 Å². The zero-order valence-corrected chi connectivity index (χ0v) is 14.5. The zero-order valence-electron chi connectivity index (χ0n) is 14.5. The Bertz CT molecular complexity index is 446. The largest absolute Gasteiger partial charge is 0.401 e. The average molecular weight is 334 g/mol. The van der Waals surface area contributed by atoms with Crippen molar-refractivity contribution in [2.75, 3.05) is 19.6 Å². The number of nitrogens with two attached hydrogens (primary N) is 1. The minimum atomic E-state index is -4.15. The molecule has 6 heteroatoms. The molecule has 1 aliphatic rings. The van der Waals surface area contributed by atoms with Gasteiger partial charge in [-0.05, 0) is 46.2 Å². The van der Waals surface area contributed by atoms with Gasteiger partial charge in [0.1, 0.15) is 0 Å². The van der Waals surface area contributed by atoms with Crippen LogP contribution in [0.15, 0.2) is 24.4 Å². The molecule has 0 aliphatic carbocycles. The Morgan fingerprint density at radius 3 is 2.43 bits per heavy atom. The third-order valence-corrected chi connectivity index (χ3v) is 4.51. The Hall–Kier alpha value is -1.01. The maximum atomic E-state index is 12.5.